The van der Waals surface area contributed by atoms with Gasteiger partial charge in [-0.25, -0.2) is 13.5 Å². The van der Waals surface area contributed by atoms with Crippen molar-refractivity contribution in [3.05, 3.63) is 82.0 Å². The molecule has 0 radical (unpaired) electrons. The van der Waals surface area contributed by atoms with E-state index < -0.39 is 17.5 Å². The van der Waals surface area contributed by atoms with Gasteiger partial charge in [0.25, 0.3) is 5.91 Å². The predicted molar refractivity (Wildman–Crippen MR) is 89.8 cm³/mol. The number of halogens is 3. The van der Waals surface area contributed by atoms with Crippen LogP contribution < -0.4 is 5.32 Å². The Morgan fingerprint density at radius 3 is 2.62 bits per heavy atom. The second-order valence-electron chi connectivity index (χ2n) is 5.08. The first-order chi connectivity index (χ1) is 11.5. The van der Waals surface area contributed by atoms with Gasteiger partial charge in [-0.2, -0.15) is 5.10 Å². The molecular formula is C17H12BrF2N3O. The van der Waals surface area contributed by atoms with E-state index in [4.69, 9.17) is 0 Å². The van der Waals surface area contributed by atoms with Gasteiger partial charge in [0.2, 0.25) is 0 Å². The second-order valence-corrected chi connectivity index (χ2v) is 5.99. The lowest BCUT2D eigenvalue weighted by molar-refractivity contribution is 0.102. The van der Waals surface area contributed by atoms with E-state index in [9.17, 15) is 13.6 Å². The number of rotatable bonds is 4. The molecule has 0 bridgehead atoms. The van der Waals surface area contributed by atoms with E-state index in [-0.39, 0.29) is 5.56 Å². The maximum Gasteiger partial charge on any atom is 0.259 e. The van der Waals surface area contributed by atoms with Gasteiger partial charge in [-0.15, -0.1) is 0 Å². The highest BCUT2D eigenvalue weighted by Gasteiger charge is 2.15. The maximum atomic E-state index is 13.7. The van der Waals surface area contributed by atoms with Gasteiger partial charge in [0.15, 0.2) is 0 Å². The maximum absolute atomic E-state index is 13.7. The van der Waals surface area contributed by atoms with Crippen LogP contribution in [0.2, 0.25) is 0 Å². The molecule has 0 atom stereocenters. The molecule has 0 fully saturated rings. The van der Waals surface area contributed by atoms with Gasteiger partial charge in [0.1, 0.15) is 17.5 Å². The van der Waals surface area contributed by atoms with Crippen LogP contribution >= 0.6 is 15.9 Å². The second kappa shape index (κ2) is 6.92. The fourth-order valence-electron chi connectivity index (χ4n) is 2.18. The Balaban J connectivity index is 1.79. The highest BCUT2D eigenvalue weighted by atomic mass is 79.9. The highest BCUT2D eigenvalue weighted by Crippen LogP contribution is 2.16. The summed E-state index contributed by atoms with van der Waals surface area (Å²) < 4.78 is 29.4. The minimum absolute atomic E-state index is 0.355. The molecule has 24 heavy (non-hydrogen) atoms. The minimum atomic E-state index is -0.784. The molecule has 122 valence electrons. The lowest BCUT2D eigenvalue weighted by Gasteiger charge is -2.10. The minimum Gasteiger partial charge on any atom is -0.307 e. The Bertz CT molecular complexity index is 878. The molecule has 0 aliphatic carbocycles. The van der Waals surface area contributed by atoms with Crippen molar-refractivity contribution >= 4 is 27.7 Å². The van der Waals surface area contributed by atoms with Crippen LogP contribution in [0.4, 0.5) is 14.6 Å². The van der Waals surface area contributed by atoms with Crippen LogP contribution in [0, 0.1) is 11.6 Å². The molecule has 4 nitrogen and oxygen atoms in total. The average Bonchev–Trinajstić information content (AvgIpc) is 2.98. The van der Waals surface area contributed by atoms with E-state index in [0.29, 0.717) is 12.4 Å². The Kier molecular flexibility index (Phi) is 4.71. The summed E-state index contributed by atoms with van der Waals surface area (Å²) in [6.07, 6.45) is 1.52. The molecule has 2 aromatic carbocycles. The van der Waals surface area contributed by atoms with Gasteiger partial charge in [-0.05, 0) is 35.9 Å². The van der Waals surface area contributed by atoms with E-state index in [1.54, 1.807) is 10.7 Å². The summed E-state index contributed by atoms with van der Waals surface area (Å²) in [6.45, 7) is 0.432. The van der Waals surface area contributed by atoms with Crippen molar-refractivity contribution in [2.45, 2.75) is 6.54 Å². The largest absolute Gasteiger partial charge is 0.307 e. The third-order valence-corrected chi connectivity index (χ3v) is 3.91. The van der Waals surface area contributed by atoms with Crippen molar-refractivity contribution in [1.29, 1.82) is 0 Å². The van der Waals surface area contributed by atoms with Crippen molar-refractivity contribution in [3.63, 3.8) is 0 Å². The molecule has 0 spiro atoms. The molecule has 1 heterocycles. The monoisotopic (exact) mass is 391 g/mol. The molecule has 0 saturated carbocycles. The Labute approximate surface area is 145 Å². The lowest BCUT2D eigenvalue weighted by atomic mass is 10.2. The van der Waals surface area contributed by atoms with Gasteiger partial charge in [-0.3, -0.25) is 4.79 Å². The molecule has 3 aromatic rings. The van der Waals surface area contributed by atoms with Crippen LogP contribution in [0.3, 0.4) is 0 Å². The van der Waals surface area contributed by atoms with Crippen LogP contribution in [0.5, 0.6) is 0 Å². The van der Waals surface area contributed by atoms with Gasteiger partial charge >= 0.3 is 0 Å². The third kappa shape index (κ3) is 3.68. The number of nitrogens with one attached hydrogen (secondary N) is 1. The number of benzene rings is 2. The molecule has 1 N–H and O–H groups in total. The van der Waals surface area contributed by atoms with Gasteiger partial charge in [-0.1, -0.05) is 28.1 Å². The molecule has 1 amide bonds. The van der Waals surface area contributed by atoms with E-state index >= 15 is 0 Å². The molecule has 7 heteroatoms. The Morgan fingerprint density at radius 1 is 1.12 bits per heavy atom. The molecule has 0 aliphatic heterocycles. The number of hydrogen-bond acceptors (Lipinski definition) is 2. The SMILES string of the molecule is O=C(Nc1ccnn1Cc1ccc(Br)cc1)c1cc(F)ccc1F. The summed E-state index contributed by atoms with van der Waals surface area (Å²) in [7, 11) is 0. The van der Waals surface area contributed by atoms with Crippen molar-refractivity contribution in [2.24, 2.45) is 0 Å². The first kappa shape index (κ1) is 16.3. The summed E-state index contributed by atoms with van der Waals surface area (Å²) in [5.41, 5.74) is 0.626. The topological polar surface area (TPSA) is 46.9 Å². The molecule has 0 unspecified atom stereocenters. The number of carbonyl (C=O) groups excluding carboxylic acids is 1. The zero-order chi connectivity index (χ0) is 17.1. The molecule has 0 aliphatic rings. The number of aromatic nitrogens is 2. The summed E-state index contributed by atoms with van der Waals surface area (Å²) >= 11 is 3.36. The average molecular weight is 392 g/mol. The first-order valence-electron chi connectivity index (χ1n) is 7.05. The van der Waals surface area contributed by atoms with Crippen LogP contribution in [0.1, 0.15) is 15.9 Å². The van der Waals surface area contributed by atoms with Crippen molar-refractivity contribution in [2.75, 3.05) is 5.32 Å². The predicted octanol–water partition coefficient (Wildman–Crippen LogP) is 4.22. The smallest absolute Gasteiger partial charge is 0.259 e. The van der Waals surface area contributed by atoms with Gasteiger partial charge in [0, 0.05) is 10.5 Å². The third-order valence-electron chi connectivity index (χ3n) is 3.38. The van der Waals surface area contributed by atoms with Crippen molar-refractivity contribution in [1.82, 2.24) is 9.78 Å². The lowest BCUT2D eigenvalue weighted by Crippen LogP contribution is -2.17. The summed E-state index contributed by atoms with van der Waals surface area (Å²) in [5.74, 6) is -1.80. The Hall–Kier alpha value is -2.54. The molecule has 1 aromatic heterocycles. The summed E-state index contributed by atoms with van der Waals surface area (Å²) in [6, 6.07) is 12.0. The fraction of sp³-hybridized carbons (Fsp3) is 0.0588. The Morgan fingerprint density at radius 2 is 1.88 bits per heavy atom. The number of nitrogens with zero attached hydrogens (tertiary/aromatic N) is 2. The van der Waals surface area contributed by atoms with Crippen molar-refractivity contribution < 1.29 is 13.6 Å². The van der Waals surface area contributed by atoms with E-state index in [1.165, 1.54) is 6.20 Å². The van der Waals surface area contributed by atoms with Crippen LogP contribution in [-0.4, -0.2) is 15.7 Å². The van der Waals surface area contributed by atoms with Crippen LogP contribution in [0.15, 0.2) is 59.2 Å². The molecule has 3 rings (SSSR count). The highest BCUT2D eigenvalue weighted by molar-refractivity contribution is 9.10. The summed E-state index contributed by atoms with van der Waals surface area (Å²) in [4.78, 5) is 12.2. The van der Waals surface area contributed by atoms with Crippen molar-refractivity contribution in [3.8, 4) is 0 Å². The van der Waals surface area contributed by atoms with E-state index in [2.05, 4.69) is 26.3 Å². The number of amides is 1. The quantitative estimate of drug-likeness (QED) is 0.723. The normalized spacial score (nSPS) is 10.6. The van der Waals surface area contributed by atoms with Gasteiger partial charge in [0.05, 0.1) is 18.3 Å². The fourth-order valence-corrected chi connectivity index (χ4v) is 2.45. The van der Waals surface area contributed by atoms with E-state index in [1.807, 2.05) is 24.3 Å². The number of anilines is 1. The van der Waals surface area contributed by atoms with E-state index in [0.717, 1.165) is 28.2 Å². The number of hydrogen-bond donors (Lipinski definition) is 1. The first-order valence-corrected chi connectivity index (χ1v) is 7.85. The zero-order valence-corrected chi connectivity index (χ0v) is 13.9. The number of carbonyl (C=O) groups is 1. The summed E-state index contributed by atoms with van der Waals surface area (Å²) in [5, 5.41) is 6.70. The standard InChI is InChI=1S/C17H12BrF2N3O/c18-12-3-1-11(2-4-12)10-23-16(7-8-21-23)22-17(24)14-9-13(19)5-6-15(14)20/h1-9H,10H2,(H,22,24). The molecule has 0 saturated heterocycles. The van der Waals surface area contributed by atoms with Crippen LogP contribution in [-0.2, 0) is 6.54 Å². The van der Waals surface area contributed by atoms with Gasteiger partial charge < -0.3 is 5.32 Å². The zero-order valence-electron chi connectivity index (χ0n) is 12.3. The molecular weight excluding hydrogens is 380 g/mol. The van der Waals surface area contributed by atoms with Crippen LogP contribution in [0.25, 0.3) is 0 Å².